The minimum absolute atomic E-state index is 0.0265. The molecular formula is C16H13ClF3N3O2. The molecule has 0 N–H and O–H groups in total. The van der Waals surface area contributed by atoms with Crippen LogP contribution in [0.4, 0.5) is 13.2 Å². The molecule has 0 aliphatic carbocycles. The zero-order valence-corrected chi connectivity index (χ0v) is 14.2. The van der Waals surface area contributed by atoms with Crippen LogP contribution in [0.15, 0.2) is 18.2 Å². The molecule has 0 aliphatic rings. The van der Waals surface area contributed by atoms with E-state index in [0.717, 1.165) is 10.8 Å². The molecule has 1 aromatic carbocycles. The predicted molar refractivity (Wildman–Crippen MR) is 86.3 cm³/mol. The van der Waals surface area contributed by atoms with Gasteiger partial charge in [-0.25, -0.2) is 0 Å². The SMILES string of the molecule is COc1ccc(/C(C#N)=C/c2c(C(F)(F)F)nn(C)c2Cl)cc1OC. The first kappa shape index (κ1) is 18.7. The Bertz CT molecular complexity index is 867. The van der Waals surface area contributed by atoms with Crippen LogP contribution < -0.4 is 9.47 Å². The van der Waals surface area contributed by atoms with Crippen LogP contribution in [0.5, 0.6) is 11.5 Å². The molecule has 132 valence electrons. The summed E-state index contributed by atoms with van der Waals surface area (Å²) in [6, 6.07) is 6.45. The fourth-order valence-corrected chi connectivity index (χ4v) is 2.37. The number of ether oxygens (including phenoxy) is 2. The molecule has 0 fully saturated rings. The summed E-state index contributed by atoms with van der Waals surface area (Å²) < 4.78 is 50.5. The lowest BCUT2D eigenvalue weighted by atomic mass is 10.0. The fraction of sp³-hybridized carbons (Fsp3) is 0.250. The average Bonchev–Trinajstić information content (AvgIpc) is 2.87. The molecule has 9 heteroatoms. The van der Waals surface area contributed by atoms with E-state index in [1.807, 2.05) is 6.07 Å². The van der Waals surface area contributed by atoms with Gasteiger partial charge in [-0.3, -0.25) is 4.68 Å². The van der Waals surface area contributed by atoms with Gasteiger partial charge in [-0.15, -0.1) is 0 Å². The zero-order chi connectivity index (χ0) is 18.8. The zero-order valence-electron chi connectivity index (χ0n) is 13.5. The van der Waals surface area contributed by atoms with Crippen LogP contribution in [0.3, 0.4) is 0 Å². The van der Waals surface area contributed by atoms with Gasteiger partial charge >= 0.3 is 6.18 Å². The maximum atomic E-state index is 13.1. The first-order valence-corrected chi connectivity index (χ1v) is 7.24. The lowest BCUT2D eigenvalue weighted by molar-refractivity contribution is -0.141. The highest BCUT2D eigenvalue weighted by Gasteiger charge is 2.38. The molecule has 0 radical (unpaired) electrons. The Morgan fingerprint density at radius 2 is 1.92 bits per heavy atom. The highest BCUT2D eigenvalue weighted by molar-refractivity contribution is 6.31. The van der Waals surface area contributed by atoms with Crippen molar-refractivity contribution in [2.24, 2.45) is 7.05 Å². The summed E-state index contributed by atoms with van der Waals surface area (Å²) in [7, 11) is 4.15. The number of nitrogens with zero attached hydrogens (tertiary/aromatic N) is 3. The molecule has 1 heterocycles. The number of hydrogen-bond acceptors (Lipinski definition) is 4. The second-order valence-corrected chi connectivity index (χ2v) is 5.27. The number of alkyl halides is 3. The number of aryl methyl sites for hydroxylation is 1. The standard InChI is InChI=1S/C16H13ClF3N3O2/c1-23-15(17)11(14(22-23)16(18,19)20)6-10(8-21)9-4-5-12(24-2)13(7-9)25-3/h4-7H,1-3H3/b10-6+. The van der Waals surface area contributed by atoms with Crippen LogP contribution in [-0.4, -0.2) is 24.0 Å². The molecule has 2 rings (SSSR count). The average molecular weight is 372 g/mol. The Balaban J connectivity index is 2.62. The van der Waals surface area contributed by atoms with Crippen LogP contribution in [0.1, 0.15) is 16.8 Å². The summed E-state index contributed by atoms with van der Waals surface area (Å²) >= 11 is 5.92. The molecule has 0 saturated heterocycles. The molecule has 0 atom stereocenters. The topological polar surface area (TPSA) is 60.1 Å². The molecular weight excluding hydrogens is 359 g/mol. The highest BCUT2D eigenvalue weighted by Crippen LogP contribution is 2.37. The minimum Gasteiger partial charge on any atom is -0.493 e. The first-order chi connectivity index (χ1) is 11.7. The van der Waals surface area contributed by atoms with Gasteiger partial charge < -0.3 is 9.47 Å². The quantitative estimate of drug-likeness (QED) is 0.757. The Hall–Kier alpha value is -2.66. The van der Waals surface area contributed by atoms with Gasteiger partial charge in [0.2, 0.25) is 0 Å². The van der Waals surface area contributed by atoms with Crippen molar-refractivity contribution in [3.63, 3.8) is 0 Å². The number of aromatic nitrogens is 2. The molecule has 0 amide bonds. The van der Waals surface area contributed by atoms with Crippen molar-refractivity contribution in [2.75, 3.05) is 14.2 Å². The summed E-state index contributed by atoms with van der Waals surface area (Å²) in [6.45, 7) is 0. The summed E-state index contributed by atoms with van der Waals surface area (Å²) in [5.74, 6) is 0.772. The molecule has 0 spiro atoms. The molecule has 1 aromatic heterocycles. The van der Waals surface area contributed by atoms with Gasteiger partial charge in [0, 0.05) is 12.6 Å². The van der Waals surface area contributed by atoms with Crippen LogP contribution in [0, 0.1) is 11.3 Å². The molecule has 0 saturated carbocycles. The van der Waals surface area contributed by atoms with E-state index in [-0.39, 0.29) is 16.3 Å². The van der Waals surface area contributed by atoms with Gasteiger partial charge in [-0.1, -0.05) is 11.6 Å². The monoisotopic (exact) mass is 371 g/mol. The van der Waals surface area contributed by atoms with Gasteiger partial charge in [-0.2, -0.15) is 23.5 Å². The lowest BCUT2D eigenvalue weighted by Crippen LogP contribution is -2.08. The maximum Gasteiger partial charge on any atom is 0.435 e. The minimum atomic E-state index is -4.70. The van der Waals surface area contributed by atoms with Gasteiger partial charge in [0.05, 0.1) is 25.9 Å². The third-order valence-corrected chi connectivity index (χ3v) is 3.83. The van der Waals surface area contributed by atoms with Crippen molar-refractivity contribution in [1.29, 1.82) is 5.26 Å². The van der Waals surface area contributed by atoms with E-state index >= 15 is 0 Å². The smallest absolute Gasteiger partial charge is 0.435 e. The molecule has 25 heavy (non-hydrogen) atoms. The number of hydrogen-bond donors (Lipinski definition) is 0. The summed E-state index contributed by atoms with van der Waals surface area (Å²) in [5, 5.41) is 12.5. The van der Waals surface area contributed by atoms with Gasteiger partial charge in [-0.05, 0) is 29.8 Å². The normalized spacial score (nSPS) is 12.0. The van der Waals surface area contributed by atoms with E-state index in [1.54, 1.807) is 6.07 Å². The molecule has 0 bridgehead atoms. The predicted octanol–water partition coefficient (Wildman–Crippen LogP) is 4.17. The van der Waals surface area contributed by atoms with Crippen molar-refractivity contribution < 1.29 is 22.6 Å². The Kier molecular flexibility index (Phi) is 5.28. The van der Waals surface area contributed by atoms with Crippen molar-refractivity contribution in [3.05, 3.63) is 40.2 Å². The fourth-order valence-electron chi connectivity index (χ4n) is 2.19. The van der Waals surface area contributed by atoms with E-state index in [9.17, 15) is 18.4 Å². The molecule has 2 aromatic rings. The largest absolute Gasteiger partial charge is 0.493 e. The molecule has 5 nitrogen and oxygen atoms in total. The number of nitriles is 1. The van der Waals surface area contributed by atoms with Crippen molar-refractivity contribution in [1.82, 2.24) is 9.78 Å². The number of benzene rings is 1. The highest BCUT2D eigenvalue weighted by atomic mass is 35.5. The number of halogens is 4. The van der Waals surface area contributed by atoms with E-state index in [2.05, 4.69) is 5.10 Å². The second-order valence-electron chi connectivity index (χ2n) is 4.91. The molecule has 0 aliphatic heterocycles. The summed E-state index contributed by atoms with van der Waals surface area (Å²) in [4.78, 5) is 0. The van der Waals surface area contributed by atoms with Crippen molar-refractivity contribution >= 4 is 23.3 Å². The van der Waals surface area contributed by atoms with Crippen LogP contribution >= 0.6 is 11.6 Å². The maximum absolute atomic E-state index is 13.1. The van der Waals surface area contributed by atoms with Gasteiger partial charge in [0.25, 0.3) is 0 Å². The molecule has 0 unspecified atom stereocenters. The van der Waals surface area contributed by atoms with Gasteiger partial charge in [0.15, 0.2) is 17.2 Å². The first-order valence-electron chi connectivity index (χ1n) is 6.86. The van der Waals surface area contributed by atoms with E-state index < -0.39 is 11.9 Å². The number of methoxy groups -OCH3 is 2. The third kappa shape index (κ3) is 3.72. The number of rotatable bonds is 4. The Morgan fingerprint density at radius 3 is 2.44 bits per heavy atom. The van der Waals surface area contributed by atoms with Crippen molar-refractivity contribution in [2.45, 2.75) is 6.18 Å². The van der Waals surface area contributed by atoms with Crippen LogP contribution in [0.25, 0.3) is 11.6 Å². The lowest BCUT2D eigenvalue weighted by Gasteiger charge is -2.09. The summed E-state index contributed by atoms with van der Waals surface area (Å²) in [5.41, 5.74) is -1.20. The summed E-state index contributed by atoms with van der Waals surface area (Å²) in [6.07, 6.45) is -3.64. The van der Waals surface area contributed by atoms with Gasteiger partial charge in [0.1, 0.15) is 5.15 Å². The second kappa shape index (κ2) is 7.07. The van der Waals surface area contributed by atoms with Crippen molar-refractivity contribution in [3.8, 4) is 17.6 Å². The van der Waals surface area contributed by atoms with E-state index in [1.165, 1.54) is 33.4 Å². The third-order valence-electron chi connectivity index (χ3n) is 3.38. The van der Waals surface area contributed by atoms with Crippen LogP contribution in [-0.2, 0) is 13.2 Å². The number of allylic oxidation sites excluding steroid dienone is 1. The van der Waals surface area contributed by atoms with Crippen LogP contribution in [0.2, 0.25) is 5.15 Å². The Labute approximate surface area is 146 Å². The Morgan fingerprint density at radius 1 is 1.28 bits per heavy atom. The van der Waals surface area contributed by atoms with E-state index in [4.69, 9.17) is 21.1 Å². The van der Waals surface area contributed by atoms with E-state index in [0.29, 0.717) is 17.1 Å².